The predicted molar refractivity (Wildman–Crippen MR) is 72.8 cm³/mol. The number of alkyl halides is 1. The lowest BCUT2D eigenvalue weighted by molar-refractivity contribution is -0.131. The summed E-state index contributed by atoms with van der Waals surface area (Å²) in [6.45, 7) is 1.42. The highest BCUT2D eigenvalue weighted by atomic mass is 79.9. The molecular weight excluding hydrogens is 280 g/mol. The topological polar surface area (TPSA) is 26.3 Å². The Kier molecular flexibility index (Phi) is 3.79. The van der Waals surface area contributed by atoms with E-state index < -0.39 is 0 Å². The first-order valence-corrected chi connectivity index (χ1v) is 6.59. The van der Waals surface area contributed by atoms with Crippen LogP contribution < -0.4 is 4.74 Å². The van der Waals surface area contributed by atoms with Crippen molar-refractivity contribution < 1.29 is 9.53 Å². The van der Waals surface area contributed by atoms with E-state index in [1.807, 2.05) is 30.3 Å². The molecule has 17 heavy (non-hydrogen) atoms. The van der Waals surface area contributed by atoms with E-state index in [-0.39, 0.29) is 5.97 Å². The molecule has 0 unspecified atom stereocenters. The van der Waals surface area contributed by atoms with Crippen LogP contribution >= 0.6 is 15.9 Å². The summed E-state index contributed by atoms with van der Waals surface area (Å²) in [5, 5.41) is 3.05. The monoisotopic (exact) mass is 292 g/mol. The molecule has 0 amide bonds. The number of aryl methyl sites for hydroxylation is 1. The largest absolute Gasteiger partial charge is 0.426 e. The van der Waals surface area contributed by atoms with Gasteiger partial charge in [0.25, 0.3) is 0 Å². The maximum absolute atomic E-state index is 11.0. The quantitative estimate of drug-likeness (QED) is 0.490. The molecule has 2 nitrogen and oxygen atoms in total. The summed E-state index contributed by atoms with van der Waals surface area (Å²) in [4.78, 5) is 11.0. The molecular formula is C14H13BrO2. The Morgan fingerprint density at radius 1 is 1.18 bits per heavy atom. The molecule has 0 N–H and O–H groups in total. The summed E-state index contributed by atoms with van der Waals surface area (Å²) in [7, 11) is 0. The summed E-state index contributed by atoms with van der Waals surface area (Å²) in [5.41, 5.74) is 1.26. The summed E-state index contributed by atoms with van der Waals surface area (Å²) in [6, 6.07) is 11.9. The number of hydrogen-bond acceptors (Lipinski definition) is 2. The minimum absolute atomic E-state index is 0.289. The summed E-state index contributed by atoms with van der Waals surface area (Å²) >= 11 is 3.45. The third-order valence-corrected chi connectivity index (χ3v) is 2.99. The molecule has 0 saturated heterocycles. The van der Waals surface area contributed by atoms with Gasteiger partial charge in [-0.2, -0.15) is 0 Å². The molecule has 0 aliphatic heterocycles. The molecule has 0 spiro atoms. The minimum Gasteiger partial charge on any atom is -0.426 e. The molecule has 0 aliphatic carbocycles. The molecule has 0 atom stereocenters. The number of carbonyl (C=O) groups excluding carboxylic acids is 1. The number of fused-ring (bicyclic) bond motifs is 1. The van der Waals surface area contributed by atoms with Gasteiger partial charge in [-0.3, -0.25) is 4.79 Å². The van der Waals surface area contributed by atoms with Gasteiger partial charge in [0, 0.05) is 17.6 Å². The third kappa shape index (κ3) is 2.67. The molecule has 2 aromatic carbocycles. The molecule has 0 aliphatic rings. The van der Waals surface area contributed by atoms with Crippen LogP contribution in [0, 0.1) is 0 Å². The van der Waals surface area contributed by atoms with E-state index in [9.17, 15) is 4.79 Å². The van der Waals surface area contributed by atoms with Crippen molar-refractivity contribution in [2.75, 3.05) is 5.33 Å². The Balaban J connectivity index is 2.57. The zero-order chi connectivity index (χ0) is 12.3. The van der Waals surface area contributed by atoms with Gasteiger partial charge in [-0.15, -0.1) is 0 Å². The second kappa shape index (κ2) is 5.32. The fourth-order valence-electron chi connectivity index (χ4n) is 1.90. The lowest BCUT2D eigenvalue weighted by Gasteiger charge is -2.09. The Hall–Kier alpha value is -1.35. The number of halogens is 1. The van der Waals surface area contributed by atoms with Crippen LogP contribution in [-0.4, -0.2) is 11.3 Å². The molecule has 0 radical (unpaired) electrons. The highest BCUT2D eigenvalue weighted by Crippen LogP contribution is 2.29. The molecule has 88 valence electrons. The van der Waals surface area contributed by atoms with Crippen molar-refractivity contribution >= 4 is 32.7 Å². The van der Waals surface area contributed by atoms with Crippen molar-refractivity contribution in [2.24, 2.45) is 0 Å². The standard InChI is InChI=1S/C14H13BrO2/c1-10(16)17-14-7-6-11(8-9-15)12-4-2-3-5-13(12)14/h2-7H,8-9H2,1H3. The van der Waals surface area contributed by atoms with Gasteiger partial charge in [-0.1, -0.05) is 46.3 Å². The summed E-state index contributed by atoms with van der Waals surface area (Å²) in [5.74, 6) is 0.342. The normalized spacial score (nSPS) is 10.5. The molecule has 0 bridgehead atoms. The van der Waals surface area contributed by atoms with E-state index in [0.29, 0.717) is 5.75 Å². The van der Waals surface area contributed by atoms with Crippen molar-refractivity contribution in [1.29, 1.82) is 0 Å². The minimum atomic E-state index is -0.289. The van der Waals surface area contributed by atoms with Crippen molar-refractivity contribution in [1.82, 2.24) is 0 Å². The van der Waals surface area contributed by atoms with Gasteiger partial charge >= 0.3 is 5.97 Å². The van der Waals surface area contributed by atoms with E-state index in [2.05, 4.69) is 22.0 Å². The van der Waals surface area contributed by atoms with Gasteiger partial charge in [-0.25, -0.2) is 0 Å². The fourth-order valence-corrected chi connectivity index (χ4v) is 2.32. The van der Waals surface area contributed by atoms with Gasteiger partial charge in [-0.05, 0) is 23.4 Å². The zero-order valence-corrected chi connectivity index (χ0v) is 11.2. The van der Waals surface area contributed by atoms with Crippen LogP contribution in [-0.2, 0) is 11.2 Å². The Bertz CT molecular complexity index is 549. The van der Waals surface area contributed by atoms with Crippen LogP contribution in [0.4, 0.5) is 0 Å². The second-order valence-electron chi connectivity index (χ2n) is 3.80. The van der Waals surface area contributed by atoms with Crippen LogP contribution in [0.1, 0.15) is 12.5 Å². The van der Waals surface area contributed by atoms with Gasteiger partial charge < -0.3 is 4.74 Å². The van der Waals surface area contributed by atoms with Crippen LogP contribution in [0.3, 0.4) is 0 Å². The van der Waals surface area contributed by atoms with Gasteiger partial charge in [0.05, 0.1) is 0 Å². The first-order valence-electron chi connectivity index (χ1n) is 5.47. The summed E-state index contributed by atoms with van der Waals surface area (Å²) in [6.07, 6.45) is 0.959. The number of carbonyl (C=O) groups is 1. The Morgan fingerprint density at radius 3 is 2.53 bits per heavy atom. The number of ether oxygens (including phenoxy) is 1. The van der Waals surface area contributed by atoms with Crippen LogP contribution in [0.15, 0.2) is 36.4 Å². The average Bonchev–Trinajstić information content (AvgIpc) is 2.32. The van der Waals surface area contributed by atoms with Gasteiger partial charge in [0.15, 0.2) is 0 Å². The Labute approximate surface area is 109 Å². The van der Waals surface area contributed by atoms with E-state index in [0.717, 1.165) is 22.5 Å². The molecule has 0 saturated carbocycles. The predicted octanol–water partition coefficient (Wildman–Crippen LogP) is 3.70. The molecule has 3 heteroatoms. The molecule has 0 heterocycles. The van der Waals surface area contributed by atoms with Crippen LogP contribution in [0.2, 0.25) is 0 Å². The van der Waals surface area contributed by atoms with Crippen LogP contribution in [0.25, 0.3) is 10.8 Å². The van der Waals surface area contributed by atoms with Crippen molar-refractivity contribution in [3.63, 3.8) is 0 Å². The van der Waals surface area contributed by atoms with Crippen molar-refractivity contribution in [3.8, 4) is 5.75 Å². The SMILES string of the molecule is CC(=O)Oc1ccc(CCBr)c2ccccc12. The van der Waals surface area contributed by atoms with E-state index in [4.69, 9.17) is 4.74 Å². The highest BCUT2D eigenvalue weighted by Gasteiger charge is 2.07. The van der Waals surface area contributed by atoms with Gasteiger partial charge in [0.2, 0.25) is 0 Å². The molecule has 2 aromatic rings. The maximum Gasteiger partial charge on any atom is 0.308 e. The lowest BCUT2D eigenvalue weighted by atomic mass is 10.0. The van der Waals surface area contributed by atoms with E-state index in [1.165, 1.54) is 12.5 Å². The number of rotatable bonds is 3. The van der Waals surface area contributed by atoms with E-state index in [1.54, 1.807) is 0 Å². The number of esters is 1. The summed E-state index contributed by atoms with van der Waals surface area (Å²) < 4.78 is 5.21. The molecule has 0 fully saturated rings. The van der Waals surface area contributed by atoms with Crippen molar-refractivity contribution in [2.45, 2.75) is 13.3 Å². The zero-order valence-electron chi connectivity index (χ0n) is 9.57. The third-order valence-electron chi connectivity index (χ3n) is 2.59. The first kappa shape index (κ1) is 12.1. The molecule has 2 rings (SSSR count). The highest BCUT2D eigenvalue weighted by molar-refractivity contribution is 9.09. The fraction of sp³-hybridized carbons (Fsp3) is 0.214. The first-order chi connectivity index (χ1) is 8.22. The van der Waals surface area contributed by atoms with Crippen molar-refractivity contribution in [3.05, 3.63) is 42.0 Å². The Morgan fingerprint density at radius 2 is 1.88 bits per heavy atom. The lowest BCUT2D eigenvalue weighted by Crippen LogP contribution is -2.02. The average molecular weight is 293 g/mol. The number of benzene rings is 2. The van der Waals surface area contributed by atoms with Crippen LogP contribution in [0.5, 0.6) is 5.75 Å². The molecule has 0 aromatic heterocycles. The van der Waals surface area contributed by atoms with Gasteiger partial charge in [0.1, 0.15) is 5.75 Å². The number of hydrogen-bond donors (Lipinski definition) is 0. The van der Waals surface area contributed by atoms with E-state index >= 15 is 0 Å². The smallest absolute Gasteiger partial charge is 0.308 e. The second-order valence-corrected chi connectivity index (χ2v) is 4.59. The maximum atomic E-state index is 11.0.